The van der Waals surface area contributed by atoms with Crippen LogP contribution in [0, 0.1) is 23.5 Å². The van der Waals surface area contributed by atoms with Crippen molar-refractivity contribution in [3.8, 4) is 11.5 Å². The normalized spacial score (nSPS) is 21.8. The maximum absolute atomic E-state index is 13.5. The molecule has 2 aromatic carbocycles. The summed E-state index contributed by atoms with van der Waals surface area (Å²) in [6.45, 7) is -0.666. The second-order valence-electron chi connectivity index (χ2n) is 8.94. The summed E-state index contributed by atoms with van der Waals surface area (Å²) in [5, 5.41) is 0. The summed E-state index contributed by atoms with van der Waals surface area (Å²) in [5.41, 5.74) is 6.64. The largest absolute Gasteiger partial charge is 0.527 e. The van der Waals surface area contributed by atoms with Crippen LogP contribution in [0.5, 0.6) is 11.5 Å². The number of nitrogen functional groups attached to an aromatic ring is 1. The van der Waals surface area contributed by atoms with E-state index in [-0.39, 0.29) is 30.5 Å². The fraction of sp³-hybridized carbons (Fsp3) is 0.261. The van der Waals surface area contributed by atoms with Crippen LogP contribution < -0.4 is 14.8 Å². The molecule has 4 N–H and O–H groups in total. The second-order valence-corrected chi connectivity index (χ2v) is 11.7. The van der Waals surface area contributed by atoms with Crippen LogP contribution >= 0.6 is 15.6 Å². The lowest BCUT2D eigenvalue weighted by atomic mass is 9.70. The molecule has 212 valence electrons. The average Bonchev–Trinajstić information content (AvgIpc) is 3.27. The van der Waals surface area contributed by atoms with Gasteiger partial charge in [-0.2, -0.15) is 0 Å². The Morgan fingerprint density at radius 2 is 1.52 bits per heavy atom. The summed E-state index contributed by atoms with van der Waals surface area (Å²) in [7, 11) is -9.35. The molecule has 1 fully saturated rings. The third-order valence-electron chi connectivity index (χ3n) is 6.30. The first-order valence-electron chi connectivity index (χ1n) is 11.8. The molecule has 5 rings (SSSR count). The van der Waals surface area contributed by atoms with E-state index in [4.69, 9.17) is 23.8 Å². The van der Waals surface area contributed by atoms with E-state index in [1.54, 1.807) is 4.57 Å². The van der Waals surface area contributed by atoms with Gasteiger partial charge in [-0.3, -0.25) is 18.8 Å². The molecule has 0 aliphatic heterocycles. The van der Waals surface area contributed by atoms with E-state index in [0.717, 1.165) is 24.3 Å². The topological polar surface area (TPSA) is 181 Å². The molecule has 2 aromatic heterocycles. The first-order valence-corrected chi connectivity index (χ1v) is 14.8. The van der Waals surface area contributed by atoms with Crippen molar-refractivity contribution in [2.75, 3.05) is 18.9 Å². The summed E-state index contributed by atoms with van der Waals surface area (Å²) < 4.78 is 74.0. The minimum Gasteiger partial charge on any atom is -0.404 e. The Kier molecular flexibility index (Phi) is 7.87. The molecule has 1 aliphatic rings. The van der Waals surface area contributed by atoms with Crippen molar-refractivity contribution in [1.29, 1.82) is 0 Å². The van der Waals surface area contributed by atoms with Crippen LogP contribution in [-0.2, 0) is 18.2 Å². The average molecular weight is 597 g/mol. The molecule has 0 radical (unpaired) electrons. The van der Waals surface area contributed by atoms with Gasteiger partial charge >= 0.3 is 15.6 Å². The first kappa shape index (κ1) is 28.1. The number of hydrogen-bond acceptors (Lipinski definition) is 10. The highest BCUT2D eigenvalue weighted by Crippen LogP contribution is 2.52. The lowest BCUT2D eigenvalue weighted by Gasteiger charge is -2.45. The van der Waals surface area contributed by atoms with Crippen molar-refractivity contribution in [3.05, 3.63) is 72.8 Å². The highest BCUT2D eigenvalue weighted by Gasteiger charge is 2.45. The molecular weight excluding hydrogens is 574 g/mol. The third-order valence-corrected chi connectivity index (χ3v) is 8.14. The van der Waals surface area contributed by atoms with Gasteiger partial charge in [-0.05, 0) is 36.6 Å². The molecule has 0 bridgehead atoms. The molecule has 0 amide bonds. The maximum atomic E-state index is 13.5. The molecule has 4 aromatic rings. The van der Waals surface area contributed by atoms with E-state index in [2.05, 4.69) is 15.0 Å². The number of aromatic nitrogens is 4. The van der Waals surface area contributed by atoms with Crippen molar-refractivity contribution in [1.82, 2.24) is 19.5 Å². The number of nitrogens with two attached hydrogens (primary N) is 1. The van der Waals surface area contributed by atoms with E-state index in [9.17, 15) is 27.7 Å². The van der Waals surface area contributed by atoms with Gasteiger partial charge in [0.1, 0.15) is 35.0 Å². The van der Waals surface area contributed by atoms with Gasteiger partial charge in [0.15, 0.2) is 11.5 Å². The number of fused-ring (bicyclic) bond motifs is 1. The van der Waals surface area contributed by atoms with Crippen LogP contribution in [0.1, 0.15) is 12.5 Å². The summed E-state index contributed by atoms with van der Waals surface area (Å²) in [6.07, 6.45) is 3.11. The van der Waals surface area contributed by atoms with E-state index >= 15 is 0 Å². The van der Waals surface area contributed by atoms with Gasteiger partial charge < -0.3 is 19.3 Å². The number of phosphoric acid groups is 2. The molecule has 17 heteroatoms. The number of halogens is 2. The Hall–Kier alpha value is -3.45. The lowest BCUT2D eigenvalue weighted by molar-refractivity contribution is -0.00445. The van der Waals surface area contributed by atoms with Gasteiger partial charge in [0.05, 0.1) is 19.5 Å². The van der Waals surface area contributed by atoms with Crippen molar-refractivity contribution < 1.29 is 45.8 Å². The van der Waals surface area contributed by atoms with Crippen LogP contribution in [-0.4, -0.2) is 42.5 Å². The summed E-state index contributed by atoms with van der Waals surface area (Å²) in [5.74, 6) is -2.62. The minimum absolute atomic E-state index is 0.162. The van der Waals surface area contributed by atoms with Crippen LogP contribution in [0.4, 0.5) is 14.6 Å². The van der Waals surface area contributed by atoms with Crippen molar-refractivity contribution >= 4 is 32.6 Å². The molecule has 5 unspecified atom stereocenters. The zero-order valence-electron chi connectivity index (χ0n) is 20.5. The monoisotopic (exact) mass is 597 g/mol. The Morgan fingerprint density at radius 1 is 0.925 bits per heavy atom. The number of hydrogen-bond donors (Lipinski definition) is 3. The van der Waals surface area contributed by atoms with Gasteiger partial charge in [0.25, 0.3) is 0 Å². The number of phosphoric ester groups is 2. The predicted octanol–water partition coefficient (Wildman–Crippen LogP) is 4.26. The molecule has 5 atom stereocenters. The van der Waals surface area contributed by atoms with Crippen LogP contribution in [0.3, 0.4) is 0 Å². The van der Waals surface area contributed by atoms with Crippen LogP contribution in [0.2, 0.25) is 0 Å². The van der Waals surface area contributed by atoms with Crippen molar-refractivity contribution in [3.63, 3.8) is 0 Å². The smallest absolute Gasteiger partial charge is 0.404 e. The van der Waals surface area contributed by atoms with Crippen LogP contribution in [0.25, 0.3) is 11.2 Å². The first-order chi connectivity index (χ1) is 19.0. The molecule has 2 heterocycles. The van der Waals surface area contributed by atoms with Gasteiger partial charge in [-0.1, -0.05) is 12.1 Å². The van der Waals surface area contributed by atoms with Gasteiger partial charge in [0.2, 0.25) is 0 Å². The zero-order valence-corrected chi connectivity index (χ0v) is 22.3. The van der Waals surface area contributed by atoms with Gasteiger partial charge in [-0.25, -0.2) is 32.9 Å². The number of anilines is 1. The Balaban J connectivity index is 1.31. The third kappa shape index (κ3) is 6.47. The Bertz CT molecular complexity index is 1630. The Morgan fingerprint density at radius 3 is 2.12 bits per heavy atom. The zero-order chi connectivity index (χ0) is 28.5. The van der Waals surface area contributed by atoms with E-state index in [1.807, 2.05) is 0 Å². The SMILES string of the molecule is Nc1ncnc2c1ncn2C1CC(COP(=O)(O)Oc2cccc(F)c2)C1COP(=O)(O)Oc1cccc(F)c1. The highest BCUT2D eigenvalue weighted by atomic mass is 31.2. The molecular formula is C23H23F2N5O8P2. The fourth-order valence-corrected chi connectivity index (χ4v) is 5.99. The molecule has 13 nitrogen and oxygen atoms in total. The lowest BCUT2D eigenvalue weighted by Crippen LogP contribution is -2.43. The predicted molar refractivity (Wildman–Crippen MR) is 136 cm³/mol. The molecule has 0 saturated heterocycles. The highest BCUT2D eigenvalue weighted by molar-refractivity contribution is 7.48. The maximum Gasteiger partial charge on any atom is 0.527 e. The fourth-order valence-electron chi connectivity index (χ4n) is 4.39. The standard InChI is InChI=1S/C23H23F2N5O8P2/c24-15-3-1-5-17(8-15)37-39(31,32)35-10-14-7-20(30-13-29-21-22(26)27-12-28-23(21)30)19(14)11-36-40(33,34)38-18-6-2-4-16(25)9-18/h1-6,8-9,12-14,19-20H,7,10-11H2,(H,31,32)(H,33,34)(H2,26,27,28). The summed E-state index contributed by atoms with van der Waals surface area (Å²) in [6, 6.07) is 8.93. The van der Waals surface area contributed by atoms with Gasteiger partial charge in [0, 0.05) is 24.1 Å². The number of nitrogens with zero attached hydrogens (tertiary/aromatic N) is 4. The van der Waals surface area contributed by atoms with E-state index in [1.165, 1.54) is 36.9 Å². The number of benzene rings is 2. The van der Waals surface area contributed by atoms with Crippen molar-refractivity contribution in [2.45, 2.75) is 12.5 Å². The summed E-state index contributed by atoms with van der Waals surface area (Å²) >= 11 is 0. The van der Waals surface area contributed by atoms with E-state index < -0.39 is 45.2 Å². The number of imidazole rings is 1. The molecule has 0 spiro atoms. The molecule has 1 saturated carbocycles. The minimum atomic E-state index is -4.70. The van der Waals surface area contributed by atoms with Crippen molar-refractivity contribution in [2.24, 2.45) is 11.8 Å². The number of rotatable bonds is 11. The van der Waals surface area contributed by atoms with Gasteiger partial charge in [-0.15, -0.1) is 0 Å². The Labute approximate surface area is 225 Å². The quantitative estimate of drug-likeness (QED) is 0.209. The molecule has 40 heavy (non-hydrogen) atoms. The molecule has 1 aliphatic carbocycles. The second kappa shape index (κ2) is 11.2. The summed E-state index contributed by atoms with van der Waals surface area (Å²) in [4.78, 5) is 32.8. The van der Waals surface area contributed by atoms with E-state index in [0.29, 0.717) is 17.6 Å². The van der Waals surface area contributed by atoms with Crippen LogP contribution in [0.15, 0.2) is 61.2 Å².